The minimum atomic E-state index is 0.596. The van der Waals surface area contributed by atoms with Gasteiger partial charge in [-0.05, 0) is 85.1 Å². The second kappa shape index (κ2) is 11.7. The van der Waals surface area contributed by atoms with Crippen molar-refractivity contribution in [2.45, 2.75) is 0 Å². The number of para-hydroxylation sites is 1. The van der Waals surface area contributed by atoms with E-state index in [4.69, 9.17) is 19.4 Å². The van der Waals surface area contributed by atoms with Gasteiger partial charge in [-0.15, -0.1) is 0 Å². The highest BCUT2D eigenvalue weighted by Crippen LogP contribution is 2.42. The van der Waals surface area contributed by atoms with E-state index in [2.05, 4.69) is 164 Å². The van der Waals surface area contributed by atoms with Crippen LogP contribution >= 0.6 is 0 Å². The average molecular weight is 676 g/mol. The number of rotatable bonds is 4. The molecular weight excluding hydrogens is 647 g/mol. The molecule has 0 N–H and O–H groups in total. The first kappa shape index (κ1) is 29.5. The fourth-order valence-electron chi connectivity index (χ4n) is 7.82. The van der Waals surface area contributed by atoms with E-state index in [1.807, 2.05) is 12.1 Å². The molecule has 0 unspecified atom stereocenters. The van der Waals surface area contributed by atoms with E-state index < -0.39 is 0 Å². The van der Waals surface area contributed by atoms with Gasteiger partial charge in [0.15, 0.2) is 17.5 Å². The predicted molar refractivity (Wildman–Crippen MR) is 219 cm³/mol. The summed E-state index contributed by atoms with van der Waals surface area (Å²) in [5.41, 5.74) is 6.50. The van der Waals surface area contributed by atoms with Gasteiger partial charge in [0, 0.05) is 33.0 Å². The fourth-order valence-corrected chi connectivity index (χ4v) is 7.82. The van der Waals surface area contributed by atoms with Crippen LogP contribution in [0.4, 0.5) is 0 Å². The molecule has 53 heavy (non-hydrogen) atoms. The molecule has 2 heterocycles. The summed E-state index contributed by atoms with van der Waals surface area (Å²) >= 11 is 0. The Labute approximate surface area is 304 Å². The second-order valence-electron chi connectivity index (χ2n) is 13.6. The molecule has 0 saturated heterocycles. The summed E-state index contributed by atoms with van der Waals surface area (Å²) in [7, 11) is 0. The lowest BCUT2D eigenvalue weighted by molar-refractivity contribution is 0.670. The Morgan fingerprint density at radius 2 is 0.811 bits per heavy atom. The normalized spacial score (nSPS) is 11.8. The van der Waals surface area contributed by atoms with Gasteiger partial charge in [0.25, 0.3) is 0 Å². The van der Waals surface area contributed by atoms with Gasteiger partial charge in [0.05, 0.1) is 0 Å². The molecule has 246 valence electrons. The van der Waals surface area contributed by atoms with Gasteiger partial charge in [-0.25, -0.2) is 15.0 Å². The third kappa shape index (κ3) is 4.88. The third-order valence-corrected chi connectivity index (χ3v) is 10.5. The van der Waals surface area contributed by atoms with E-state index in [9.17, 15) is 0 Å². The van der Waals surface area contributed by atoms with Crippen molar-refractivity contribution >= 4 is 65.0 Å². The molecule has 2 aromatic heterocycles. The zero-order valence-electron chi connectivity index (χ0n) is 28.5. The average Bonchev–Trinajstić information content (AvgIpc) is 3.62. The lowest BCUT2D eigenvalue weighted by atomic mass is 9.94. The lowest BCUT2D eigenvalue weighted by Crippen LogP contribution is -2.00. The minimum absolute atomic E-state index is 0.596. The van der Waals surface area contributed by atoms with Crippen LogP contribution in [-0.4, -0.2) is 15.0 Å². The first-order valence-electron chi connectivity index (χ1n) is 17.8. The summed E-state index contributed by atoms with van der Waals surface area (Å²) in [4.78, 5) is 15.6. The zero-order chi connectivity index (χ0) is 34.9. The molecule has 0 saturated carbocycles. The van der Waals surface area contributed by atoms with Crippen LogP contribution in [0.15, 0.2) is 180 Å². The lowest BCUT2D eigenvalue weighted by Gasteiger charge is -2.12. The Morgan fingerprint density at radius 1 is 0.321 bits per heavy atom. The molecule has 0 bridgehead atoms. The first-order valence-corrected chi connectivity index (χ1v) is 17.8. The van der Waals surface area contributed by atoms with Crippen molar-refractivity contribution in [1.29, 1.82) is 0 Å². The Kier molecular flexibility index (Phi) is 6.52. The van der Waals surface area contributed by atoms with E-state index in [0.29, 0.717) is 17.5 Å². The van der Waals surface area contributed by atoms with Crippen LogP contribution < -0.4 is 0 Å². The van der Waals surface area contributed by atoms with Crippen LogP contribution in [0.5, 0.6) is 0 Å². The highest BCUT2D eigenvalue weighted by molar-refractivity contribution is 6.17. The Balaban J connectivity index is 1.16. The van der Waals surface area contributed by atoms with Gasteiger partial charge >= 0.3 is 0 Å². The van der Waals surface area contributed by atoms with Crippen LogP contribution in [0.1, 0.15) is 0 Å². The van der Waals surface area contributed by atoms with Crippen molar-refractivity contribution in [3.05, 3.63) is 176 Å². The maximum Gasteiger partial charge on any atom is 0.164 e. The third-order valence-electron chi connectivity index (χ3n) is 10.5. The molecule has 0 aliphatic rings. The number of hydrogen-bond acceptors (Lipinski definition) is 4. The molecule has 4 nitrogen and oxygen atoms in total. The van der Waals surface area contributed by atoms with Gasteiger partial charge in [0.1, 0.15) is 11.2 Å². The maximum absolute atomic E-state index is 6.75. The van der Waals surface area contributed by atoms with Crippen molar-refractivity contribution in [1.82, 2.24) is 15.0 Å². The molecule has 0 aliphatic carbocycles. The van der Waals surface area contributed by atoms with Crippen molar-refractivity contribution < 1.29 is 4.42 Å². The number of benzene rings is 9. The second-order valence-corrected chi connectivity index (χ2v) is 13.6. The molecule has 0 spiro atoms. The van der Waals surface area contributed by atoms with E-state index in [1.54, 1.807) is 0 Å². The molecule has 9 aromatic carbocycles. The summed E-state index contributed by atoms with van der Waals surface area (Å²) in [5, 5.41) is 11.5. The molecule has 11 aromatic rings. The Morgan fingerprint density at radius 3 is 1.51 bits per heavy atom. The van der Waals surface area contributed by atoms with Crippen LogP contribution in [0.3, 0.4) is 0 Å². The van der Waals surface area contributed by atoms with E-state index in [1.165, 1.54) is 32.3 Å². The van der Waals surface area contributed by atoms with Crippen molar-refractivity contribution in [2.24, 2.45) is 0 Å². The summed E-state index contributed by atoms with van der Waals surface area (Å²) in [5.74, 6) is 1.84. The maximum atomic E-state index is 6.75. The minimum Gasteiger partial charge on any atom is -0.455 e. The summed E-state index contributed by atoms with van der Waals surface area (Å²) in [6.07, 6.45) is 0. The molecule has 0 radical (unpaired) electrons. The highest BCUT2D eigenvalue weighted by Gasteiger charge is 2.21. The zero-order valence-corrected chi connectivity index (χ0v) is 28.5. The number of fused-ring (bicyclic) bond motifs is 8. The highest BCUT2D eigenvalue weighted by atomic mass is 16.3. The van der Waals surface area contributed by atoms with Crippen LogP contribution in [-0.2, 0) is 0 Å². The van der Waals surface area contributed by atoms with Gasteiger partial charge in [-0.2, -0.15) is 0 Å². The standard InChI is InChI=1S/C49H29N3O/c1-3-12-34-27-37(23-17-30(34)9-1)47-50-48(38-24-18-31-10-2-4-13-35(31)28-38)52-49(51-47)42-26-25-40(46-45(42)41-15-7-8-16-44(41)53-46)36-22-21-33-20-19-32-11-5-6-14-39(32)43(33)29-36/h1-29H. The predicted octanol–water partition coefficient (Wildman–Crippen LogP) is 13.1. The van der Waals surface area contributed by atoms with Crippen LogP contribution in [0.2, 0.25) is 0 Å². The van der Waals surface area contributed by atoms with Gasteiger partial charge < -0.3 is 4.42 Å². The van der Waals surface area contributed by atoms with Gasteiger partial charge in [-0.1, -0.05) is 140 Å². The smallest absolute Gasteiger partial charge is 0.164 e. The Bertz CT molecular complexity index is 3150. The molecule has 0 atom stereocenters. The fraction of sp³-hybridized carbons (Fsp3) is 0. The summed E-state index contributed by atoms with van der Waals surface area (Å²) in [6, 6.07) is 61.7. The molecule has 0 fully saturated rings. The SMILES string of the molecule is c1ccc2cc(-c3nc(-c4ccc5ccccc5c4)nc(-c4ccc(-c5ccc6ccc7ccccc7c6c5)c5oc6ccccc6c45)n3)ccc2c1. The molecular formula is C49H29N3O. The monoisotopic (exact) mass is 675 g/mol. The van der Waals surface area contributed by atoms with Crippen LogP contribution in [0, 0.1) is 0 Å². The van der Waals surface area contributed by atoms with Crippen molar-refractivity contribution in [3.8, 4) is 45.3 Å². The van der Waals surface area contributed by atoms with E-state index in [-0.39, 0.29) is 0 Å². The van der Waals surface area contributed by atoms with E-state index in [0.717, 1.165) is 60.5 Å². The molecule has 11 rings (SSSR count). The summed E-state index contributed by atoms with van der Waals surface area (Å²) in [6.45, 7) is 0. The topological polar surface area (TPSA) is 51.8 Å². The van der Waals surface area contributed by atoms with E-state index >= 15 is 0 Å². The van der Waals surface area contributed by atoms with Crippen LogP contribution in [0.25, 0.3) is 110 Å². The quantitative estimate of drug-likeness (QED) is 0.174. The van der Waals surface area contributed by atoms with Crippen molar-refractivity contribution in [2.75, 3.05) is 0 Å². The van der Waals surface area contributed by atoms with Crippen molar-refractivity contribution in [3.63, 3.8) is 0 Å². The molecule has 0 aliphatic heterocycles. The summed E-state index contributed by atoms with van der Waals surface area (Å²) < 4.78 is 6.75. The van der Waals surface area contributed by atoms with Gasteiger partial charge in [-0.3, -0.25) is 0 Å². The number of hydrogen-bond donors (Lipinski definition) is 0. The first-order chi connectivity index (χ1) is 26.2. The largest absolute Gasteiger partial charge is 0.455 e. The van der Waals surface area contributed by atoms with Gasteiger partial charge in [0.2, 0.25) is 0 Å². The number of furan rings is 1. The number of nitrogens with zero attached hydrogens (tertiary/aromatic N) is 3. The number of aromatic nitrogens is 3. The Hall–Kier alpha value is -7.17. The molecule has 4 heteroatoms. The molecule has 0 amide bonds.